The van der Waals surface area contributed by atoms with Crippen molar-refractivity contribution in [3.8, 4) is 0 Å². The van der Waals surface area contributed by atoms with Gasteiger partial charge in [-0.1, -0.05) is 30.3 Å². The Balaban J connectivity index is 1.46. The molecule has 1 aliphatic rings. The number of rotatable bonds is 7. The van der Waals surface area contributed by atoms with Crippen LogP contribution in [0, 0.1) is 6.42 Å². The van der Waals surface area contributed by atoms with E-state index in [4.69, 9.17) is 0 Å². The summed E-state index contributed by atoms with van der Waals surface area (Å²) in [6.45, 7) is 3.95. The predicted octanol–water partition coefficient (Wildman–Crippen LogP) is 3.70. The number of aryl methyl sites for hydroxylation is 1. The Hall–Kier alpha value is -0.820. The van der Waals surface area contributed by atoms with E-state index in [1.807, 2.05) is 0 Å². The lowest BCUT2D eigenvalue weighted by atomic mass is 10.1. The topological polar surface area (TPSA) is 3.24 Å². The number of hydrogen-bond donors (Lipinski definition) is 0. The van der Waals surface area contributed by atoms with Crippen LogP contribution in [0.25, 0.3) is 0 Å². The summed E-state index contributed by atoms with van der Waals surface area (Å²) in [4.78, 5) is 2.59. The molecule has 0 spiro atoms. The Morgan fingerprint density at radius 1 is 1.00 bits per heavy atom. The smallest absolute Gasteiger partial charge is 0.00160 e. The summed E-state index contributed by atoms with van der Waals surface area (Å²) in [5.74, 6) is 0. The molecule has 0 N–H and O–H groups in total. The van der Waals surface area contributed by atoms with Crippen LogP contribution in [0.1, 0.15) is 37.7 Å². The molecule has 0 aliphatic carbocycles. The molecule has 0 amide bonds. The van der Waals surface area contributed by atoms with Crippen LogP contribution in [-0.4, -0.2) is 24.5 Å². The number of hydrogen-bond acceptors (Lipinski definition) is 1. The van der Waals surface area contributed by atoms with Crippen molar-refractivity contribution < 1.29 is 0 Å². The third-order valence-corrected chi connectivity index (χ3v) is 3.56. The van der Waals surface area contributed by atoms with Gasteiger partial charge in [-0.15, -0.1) is 0 Å². The third-order valence-electron chi connectivity index (χ3n) is 3.56. The van der Waals surface area contributed by atoms with Gasteiger partial charge >= 0.3 is 0 Å². The van der Waals surface area contributed by atoms with Crippen LogP contribution in [0.5, 0.6) is 0 Å². The SMILES string of the molecule is [CH](CCCc1ccccc1)CCN1CCCC1. The molecule has 1 heteroatoms. The molecule has 1 aliphatic heterocycles. The van der Waals surface area contributed by atoms with E-state index in [2.05, 4.69) is 41.7 Å². The quantitative estimate of drug-likeness (QED) is 0.646. The van der Waals surface area contributed by atoms with E-state index in [-0.39, 0.29) is 0 Å². The lowest BCUT2D eigenvalue weighted by Gasteiger charge is -2.13. The van der Waals surface area contributed by atoms with Gasteiger partial charge in [0.15, 0.2) is 0 Å². The molecule has 2 rings (SSSR count). The normalized spacial score (nSPS) is 16.5. The Morgan fingerprint density at radius 2 is 1.76 bits per heavy atom. The molecule has 0 bridgehead atoms. The summed E-state index contributed by atoms with van der Waals surface area (Å²) in [5.41, 5.74) is 1.47. The third kappa shape index (κ3) is 4.91. The van der Waals surface area contributed by atoms with Crippen molar-refractivity contribution in [2.45, 2.75) is 38.5 Å². The summed E-state index contributed by atoms with van der Waals surface area (Å²) in [6, 6.07) is 10.8. The molecule has 93 valence electrons. The van der Waals surface area contributed by atoms with Crippen molar-refractivity contribution in [2.75, 3.05) is 19.6 Å². The van der Waals surface area contributed by atoms with E-state index < -0.39 is 0 Å². The summed E-state index contributed by atoms with van der Waals surface area (Å²) in [7, 11) is 0. The van der Waals surface area contributed by atoms with Crippen molar-refractivity contribution in [1.82, 2.24) is 4.90 Å². The molecule has 17 heavy (non-hydrogen) atoms. The first-order valence-corrected chi connectivity index (χ1v) is 7.03. The standard InChI is InChI=1S/C16H24N/c1(2-7-13-17-14-8-9-15-17)4-10-16-11-5-3-6-12-16/h2-3,5-6,11-12H,1,4,7-10,13-15H2. The minimum atomic E-state index is 1.22. The van der Waals surface area contributed by atoms with E-state index in [9.17, 15) is 0 Å². The van der Waals surface area contributed by atoms with E-state index in [0.717, 1.165) is 0 Å². The van der Waals surface area contributed by atoms with Crippen molar-refractivity contribution in [3.63, 3.8) is 0 Å². The number of nitrogens with zero attached hydrogens (tertiary/aromatic N) is 1. The zero-order valence-corrected chi connectivity index (χ0v) is 10.8. The number of benzene rings is 1. The fraction of sp³-hybridized carbons (Fsp3) is 0.562. The molecule has 0 aromatic heterocycles. The second-order valence-electron chi connectivity index (χ2n) is 5.00. The minimum Gasteiger partial charge on any atom is -0.303 e. The van der Waals surface area contributed by atoms with Gasteiger partial charge in [-0.2, -0.15) is 0 Å². The van der Waals surface area contributed by atoms with E-state index in [0.29, 0.717) is 0 Å². The lowest BCUT2D eigenvalue weighted by Crippen LogP contribution is -2.20. The molecule has 1 aromatic rings. The summed E-state index contributed by atoms with van der Waals surface area (Å²) >= 11 is 0. The lowest BCUT2D eigenvalue weighted by molar-refractivity contribution is 0.340. The van der Waals surface area contributed by atoms with Gasteiger partial charge in [-0.25, -0.2) is 0 Å². The highest BCUT2D eigenvalue weighted by atomic mass is 15.1. The van der Waals surface area contributed by atoms with Gasteiger partial charge in [-0.05, 0) is 70.1 Å². The second kappa shape index (κ2) is 7.50. The minimum absolute atomic E-state index is 1.22. The van der Waals surface area contributed by atoms with Gasteiger partial charge in [0, 0.05) is 0 Å². The second-order valence-corrected chi connectivity index (χ2v) is 5.00. The molecular formula is C16H24N. The van der Waals surface area contributed by atoms with E-state index >= 15 is 0 Å². The van der Waals surface area contributed by atoms with Crippen molar-refractivity contribution in [2.24, 2.45) is 0 Å². The van der Waals surface area contributed by atoms with Gasteiger partial charge in [0.05, 0.1) is 0 Å². The maximum absolute atomic E-state index is 2.59. The predicted molar refractivity (Wildman–Crippen MR) is 74.0 cm³/mol. The highest BCUT2D eigenvalue weighted by Crippen LogP contribution is 2.10. The summed E-state index contributed by atoms with van der Waals surface area (Å²) < 4.78 is 0. The highest BCUT2D eigenvalue weighted by Gasteiger charge is 2.09. The van der Waals surface area contributed by atoms with Gasteiger partial charge in [0.2, 0.25) is 0 Å². The van der Waals surface area contributed by atoms with E-state index in [1.165, 1.54) is 63.7 Å². The average molecular weight is 230 g/mol. The van der Waals surface area contributed by atoms with Crippen LogP contribution < -0.4 is 0 Å². The molecule has 1 heterocycles. The number of unbranched alkanes of at least 4 members (excludes halogenated alkanes) is 3. The van der Waals surface area contributed by atoms with Crippen molar-refractivity contribution in [3.05, 3.63) is 42.3 Å². The van der Waals surface area contributed by atoms with Gasteiger partial charge in [0.1, 0.15) is 0 Å². The van der Waals surface area contributed by atoms with Crippen LogP contribution in [0.2, 0.25) is 0 Å². The molecule has 1 saturated heterocycles. The number of likely N-dealkylation sites (tertiary alicyclic amines) is 1. The van der Waals surface area contributed by atoms with Gasteiger partial charge in [-0.3, -0.25) is 0 Å². The van der Waals surface area contributed by atoms with Crippen LogP contribution >= 0.6 is 0 Å². The molecule has 1 aromatic carbocycles. The van der Waals surface area contributed by atoms with Crippen LogP contribution in [0.3, 0.4) is 0 Å². The summed E-state index contributed by atoms with van der Waals surface area (Å²) in [6.07, 6.45) is 10.4. The monoisotopic (exact) mass is 230 g/mol. The Kier molecular flexibility index (Phi) is 5.57. The molecule has 0 atom stereocenters. The molecule has 1 fully saturated rings. The highest BCUT2D eigenvalue weighted by molar-refractivity contribution is 5.14. The van der Waals surface area contributed by atoms with Crippen LogP contribution in [-0.2, 0) is 6.42 Å². The van der Waals surface area contributed by atoms with Crippen molar-refractivity contribution in [1.29, 1.82) is 0 Å². The first kappa shape index (κ1) is 12.6. The molecule has 1 radical (unpaired) electrons. The zero-order valence-electron chi connectivity index (χ0n) is 10.8. The molecular weight excluding hydrogens is 206 g/mol. The van der Waals surface area contributed by atoms with E-state index in [1.54, 1.807) is 0 Å². The first-order chi connectivity index (χ1) is 8.45. The maximum atomic E-state index is 2.59. The first-order valence-electron chi connectivity index (χ1n) is 7.03. The Labute approximate surface area is 106 Å². The van der Waals surface area contributed by atoms with Crippen molar-refractivity contribution >= 4 is 0 Å². The van der Waals surface area contributed by atoms with Crippen LogP contribution in [0.15, 0.2) is 30.3 Å². The zero-order chi connectivity index (χ0) is 11.8. The van der Waals surface area contributed by atoms with Gasteiger partial charge in [0.25, 0.3) is 0 Å². The van der Waals surface area contributed by atoms with Crippen LogP contribution in [0.4, 0.5) is 0 Å². The molecule has 0 unspecified atom stereocenters. The Morgan fingerprint density at radius 3 is 2.53 bits per heavy atom. The fourth-order valence-corrected chi connectivity index (χ4v) is 2.52. The largest absolute Gasteiger partial charge is 0.303 e. The average Bonchev–Trinajstić information content (AvgIpc) is 2.88. The fourth-order valence-electron chi connectivity index (χ4n) is 2.52. The molecule has 1 nitrogen and oxygen atoms in total. The summed E-state index contributed by atoms with van der Waals surface area (Å²) in [5, 5.41) is 0. The van der Waals surface area contributed by atoms with Gasteiger partial charge < -0.3 is 4.90 Å². The maximum Gasteiger partial charge on any atom is -0.00160 e. The Bertz CT molecular complexity index is 288. The molecule has 0 saturated carbocycles.